The van der Waals surface area contributed by atoms with Crippen molar-refractivity contribution in [2.24, 2.45) is 0 Å². The topological polar surface area (TPSA) is 50.5 Å². The molecule has 0 bridgehead atoms. The fraction of sp³-hybridized carbons (Fsp3) is 0.0833. The number of hydrogen-bond acceptors (Lipinski definition) is 3. The second-order valence-corrected chi connectivity index (χ2v) is 8.07. The van der Waals surface area contributed by atoms with E-state index in [2.05, 4.69) is 0 Å². The third-order valence-corrected chi connectivity index (χ3v) is 6.06. The van der Waals surface area contributed by atoms with E-state index in [4.69, 9.17) is 27.6 Å². The van der Waals surface area contributed by atoms with Crippen LogP contribution in [-0.2, 0) is 0 Å². The maximum Gasteiger partial charge on any atom is 0.295 e. The lowest BCUT2D eigenvalue weighted by Crippen LogP contribution is -2.29. The van der Waals surface area contributed by atoms with Gasteiger partial charge in [0.05, 0.1) is 27.0 Å². The Morgan fingerprint density at radius 2 is 1.67 bits per heavy atom. The van der Waals surface area contributed by atoms with Crippen LogP contribution in [0.2, 0.25) is 10.0 Å². The van der Waals surface area contributed by atoms with E-state index in [-0.39, 0.29) is 17.1 Å². The van der Waals surface area contributed by atoms with Crippen molar-refractivity contribution in [1.29, 1.82) is 0 Å². The first-order valence-corrected chi connectivity index (χ1v) is 10.1. The Kier molecular flexibility index (Phi) is 4.42. The molecule has 3 aromatic carbocycles. The number of fused-ring (bicyclic) bond motifs is 2. The van der Waals surface area contributed by atoms with Gasteiger partial charge in [-0.25, -0.2) is 0 Å². The van der Waals surface area contributed by atoms with Crippen LogP contribution in [0.3, 0.4) is 0 Å². The van der Waals surface area contributed by atoms with E-state index in [1.165, 1.54) is 0 Å². The number of hydrogen-bond donors (Lipinski definition) is 0. The summed E-state index contributed by atoms with van der Waals surface area (Å²) in [6.07, 6.45) is 0. The first-order valence-electron chi connectivity index (χ1n) is 9.36. The van der Waals surface area contributed by atoms with Crippen molar-refractivity contribution < 1.29 is 9.21 Å². The largest absolute Gasteiger partial charge is 0.450 e. The number of nitrogens with zero attached hydrogens (tertiary/aromatic N) is 1. The van der Waals surface area contributed by atoms with Gasteiger partial charge in [0.25, 0.3) is 5.91 Å². The highest BCUT2D eigenvalue weighted by molar-refractivity contribution is 6.42. The average Bonchev–Trinajstić information content (AvgIpc) is 3.04. The van der Waals surface area contributed by atoms with Crippen LogP contribution in [0.4, 0.5) is 5.69 Å². The van der Waals surface area contributed by atoms with Gasteiger partial charge >= 0.3 is 0 Å². The van der Waals surface area contributed by atoms with E-state index in [1.807, 2.05) is 43.3 Å². The monoisotopic (exact) mass is 435 g/mol. The molecule has 5 rings (SSSR count). The molecule has 0 fully saturated rings. The fourth-order valence-corrected chi connectivity index (χ4v) is 4.25. The lowest BCUT2D eigenvalue weighted by atomic mass is 9.98. The summed E-state index contributed by atoms with van der Waals surface area (Å²) in [4.78, 5) is 28.5. The van der Waals surface area contributed by atoms with E-state index < -0.39 is 6.04 Å². The highest BCUT2D eigenvalue weighted by Gasteiger charge is 2.43. The molecule has 0 aliphatic carbocycles. The summed E-state index contributed by atoms with van der Waals surface area (Å²) >= 11 is 12.4. The quantitative estimate of drug-likeness (QED) is 0.378. The van der Waals surface area contributed by atoms with Crippen molar-refractivity contribution in [1.82, 2.24) is 0 Å². The first kappa shape index (κ1) is 18.9. The first-order chi connectivity index (χ1) is 14.5. The molecule has 0 spiro atoms. The second kappa shape index (κ2) is 7.01. The number of para-hydroxylation sites is 1. The summed E-state index contributed by atoms with van der Waals surface area (Å²) in [6.45, 7) is 1.91. The number of carbonyl (C=O) groups excluding carboxylic acids is 1. The maximum atomic E-state index is 13.5. The van der Waals surface area contributed by atoms with Crippen LogP contribution in [0.5, 0.6) is 0 Å². The minimum Gasteiger partial charge on any atom is -0.450 e. The molecule has 0 radical (unpaired) electrons. The molecule has 1 atom stereocenters. The standard InChI is InChI=1S/C24H15Cl2NO3/c1-13-7-10-19-16(11-13)22(28)20-21(14-8-9-17(25)18(26)12-14)27(24(29)23(20)30-19)15-5-3-2-4-6-15/h2-12,21H,1H3. The molecule has 0 saturated carbocycles. The Morgan fingerprint density at radius 3 is 2.40 bits per heavy atom. The molecule has 2 heterocycles. The van der Waals surface area contributed by atoms with Crippen molar-refractivity contribution in [2.75, 3.05) is 4.90 Å². The number of anilines is 1. The number of carbonyl (C=O) groups is 1. The van der Waals surface area contributed by atoms with E-state index in [1.54, 1.807) is 35.2 Å². The molecule has 0 saturated heterocycles. The average molecular weight is 436 g/mol. The van der Waals surface area contributed by atoms with Crippen LogP contribution in [0.1, 0.15) is 33.3 Å². The number of benzene rings is 3. The van der Waals surface area contributed by atoms with Crippen molar-refractivity contribution in [3.63, 3.8) is 0 Å². The third kappa shape index (κ3) is 2.83. The third-order valence-electron chi connectivity index (χ3n) is 5.32. The SMILES string of the molecule is Cc1ccc2oc3c(c(=O)c2c1)C(c1ccc(Cl)c(Cl)c1)N(c1ccccc1)C3=O. The molecule has 1 aromatic heterocycles. The van der Waals surface area contributed by atoms with Gasteiger partial charge < -0.3 is 4.42 Å². The molecule has 1 aliphatic rings. The van der Waals surface area contributed by atoms with E-state index >= 15 is 0 Å². The Bertz CT molecular complexity index is 1380. The van der Waals surface area contributed by atoms with Gasteiger partial charge in [0, 0.05) is 5.69 Å². The van der Waals surface area contributed by atoms with E-state index in [0.29, 0.717) is 37.8 Å². The molecule has 4 nitrogen and oxygen atoms in total. The van der Waals surface area contributed by atoms with Crippen LogP contribution in [-0.4, -0.2) is 5.91 Å². The predicted molar refractivity (Wildman–Crippen MR) is 119 cm³/mol. The van der Waals surface area contributed by atoms with Crippen molar-refractivity contribution in [3.8, 4) is 0 Å². The highest BCUT2D eigenvalue weighted by atomic mass is 35.5. The molecule has 1 amide bonds. The minimum atomic E-state index is -0.675. The van der Waals surface area contributed by atoms with Gasteiger partial charge in [-0.05, 0) is 48.9 Å². The zero-order valence-electron chi connectivity index (χ0n) is 15.9. The van der Waals surface area contributed by atoms with Crippen LogP contribution >= 0.6 is 23.2 Å². The molecular weight excluding hydrogens is 421 g/mol. The van der Waals surface area contributed by atoms with Crippen molar-refractivity contribution in [3.05, 3.63) is 109 Å². The number of aryl methyl sites for hydroxylation is 1. The zero-order valence-corrected chi connectivity index (χ0v) is 17.4. The molecule has 6 heteroatoms. The number of halogens is 2. The van der Waals surface area contributed by atoms with Crippen LogP contribution < -0.4 is 10.3 Å². The van der Waals surface area contributed by atoms with E-state index in [9.17, 15) is 9.59 Å². The molecular formula is C24H15Cl2NO3. The van der Waals surface area contributed by atoms with Gasteiger partial charge in [-0.15, -0.1) is 0 Å². The Hall–Kier alpha value is -3.08. The summed E-state index contributed by atoms with van der Waals surface area (Å²) in [6, 6.07) is 19.0. The minimum absolute atomic E-state index is 0.0521. The van der Waals surface area contributed by atoms with Crippen LogP contribution in [0.25, 0.3) is 11.0 Å². The summed E-state index contributed by atoms with van der Waals surface area (Å²) in [5.74, 6) is -0.317. The van der Waals surface area contributed by atoms with Gasteiger partial charge in [-0.3, -0.25) is 14.5 Å². The summed E-state index contributed by atoms with van der Waals surface area (Å²) in [5.41, 5.74) is 2.74. The van der Waals surface area contributed by atoms with Crippen LogP contribution in [0, 0.1) is 6.92 Å². The van der Waals surface area contributed by atoms with Gasteiger partial charge in [0.1, 0.15) is 5.58 Å². The van der Waals surface area contributed by atoms with Gasteiger partial charge in [0.15, 0.2) is 5.43 Å². The molecule has 1 aliphatic heterocycles. The molecule has 4 aromatic rings. The number of rotatable bonds is 2. The maximum absolute atomic E-state index is 13.5. The van der Waals surface area contributed by atoms with Gasteiger partial charge in [0.2, 0.25) is 5.76 Å². The summed E-state index contributed by atoms with van der Waals surface area (Å²) in [5, 5.41) is 1.20. The second-order valence-electron chi connectivity index (χ2n) is 7.26. The Balaban J connectivity index is 1.84. The predicted octanol–water partition coefficient (Wildman–Crippen LogP) is 6.16. The molecule has 148 valence electrons. The lowest BCUT2D eigenvalue weighted by molar-refractivity contribution is 0.0971. The normalized spacial score (nSPS) is 15.6. The van der Waals surface area contributed by atoms with E-state index in [0.717, 1.165) is 5.56 Å². The lowest BCUT2D eigenvalue weighted by Gasteiger charge is -2.25. The molecule has 0 N–H and O–H groups in total. The fourth-order valence-electron chi connectivity index (χ4n) is 3.94. The van der Waals surface area contributed by atoms with Crippen LogP contribution in [0.15, 0.2) is 75.9 Å². The highest BCUT2D eigenvalue weighted by Crippen LogP contribution is 2.42. The van der Waals surface area contributed by atoms with Crippen molar-refractivity contribution in [2.45, 2.75) is 13.0 Å². The molecule has 30 heavy (non-hydrogen) atoms. The smallest absolute Gasteiger partial charge is 0.295 e. The molecule has 1 unspecified atom stereocenters. The summed E-state index contributed by atoms with van der Waals surface area (Å²) < 4.78 is 5.96. The Labute approximate surface area is 182 Å². The van der Waals surface area contributed by atoms with Gasteiger partial charge in [-0.1, -0.05) is 59.1 Å². The zero-order chi connectivity index (χ0) is 21.0. The summed E-state index contributed by atoms with van der Waals surface area (Å²) in [7, 11) is 0. The Morgan fingerprint density at radius 1 is 0.900 bits per heavy atom. The van der Waals surface area contributed by atoms with Crippen molar-refractivity contribution >= 4 is 45.8 Å². The van der Waals surface area contributed by atoms with Gasteiger partial charge in [-0.2, -0.15) is 0 Å². The number of amides is 1.